The van der Waals surface area contributed by atoms with Gasteiger partial charge in [-0.3, -0.25) is 9.59 Å². The summed E-state index contributed by atoms with van der Waals surface area (Å²) in [5.41, 5.74) is 1.44. The zero-order valence-corrected chi connectivity index (χ0v) is 56.2. The molecule has 0 amide bonds. The average Bonchev–Trinajstić information content (AvgIpc) is 1.24. The Labute approximate surface area is 556 Å². The number of benzene rings is 1. The Bertz CT molecular complexity index is 1890. The fraction of sp³-hybridized carbons (Fsp3) is 0.875. The van der Waals surface area contributed by atoms with Gasteiger partial charge in [-0.1, -0.05) is 0 Å². The quantitative estimate of drug-likeness (QED) is 0.0551. The van der Waals surface area contributed by atoms with Gasteiger partial charge in [0.05, 0.1) is 309 Å². The van der Waals surface area contributed by atoms with Crippen molar-refractivity contribution >= 4 is 23.1 Å². The number of halogens is 1. The van der Waals surface area contributed by atoms with E-state index in [0.29, 0.717) is 315 Å². The minimum atomic E-state index is -1.01. The van der Waals surface area contributed by atoms with Crippen LogP contribution in [0.1, 0.15) is 23.2 Å². The second-order valence-corrected chi connectivity index (χ2v) is 21.0. The van der Waals surface area contributed by atoms with Crippen molar-refractivity contribution in [3.8, 4) is 0 Å². The number of esters is 1. The number of ketones is 1. The van der Waals surface area contributed by atoms with Gasteiger partial charge in [-0.15, -0.1) is 0 Å². The summed E-state index contributed by atoms with van der Waals surface area (Å²) < 4.78 is 147. The molecule has 1 N–H and O–H groups in total. The summed E-state index contributed by atoms with van der Waals surface area (Å²) in [5, 5.41) is 3.28. The van der Waals surface area contributed by atoms with Crippen molar-refractivity contribution in [1.29, 1.82) is 0 Å². The monoisotopic (exact) mass is 1360 g/mol. The molecule has 29 nitrogen and oxygen atoms in total. The van der Waals surface area contributed by atoms with Crippen LogP contribution in [0.5, 0.6) is 0 Å². The maximum Gasteiger partial charge on any atom is 0.318 e. The van der Waals surface area contributed by atoms with Crippen molar-refractivity contribution < 1.29 is 128 Å². The Morgan fingerprint density at radius 3 is 0.862 bits per heavy atom. The summed E-state index contributed by atoms with van der Waals surface area (Å²) in [7, 11) is 1.64. The first kappa shape index (κ1) is 83.4. The molecule has 0 radical (unpaired) electrons. The number of hydrogen-bond acceptors (Lipinski definition) is 29. The Morgan fingerprint density at radius 2 is 0.617 bits per heavy atom. The molecular formula is C64H114FN3O26. The van der Waals surface area contributed by atoms with Crippen molar-refractivity contribution in [3.05, 3.63) is 23.5 Å². The third-order valence-electron chi connectivity index (χ3n) is 13.8. The van der Waals surface area contributed by atoms with Gasteiger partial charge in [-0.05, 0) is 25.0 Å². The number of fused-ring (bicyclic) bond motifs is 1. The topological polar surface area (TPSA) is 274 Å². The second-order valence-electron chi connectivity index (χ2n) is 21.0. The zero-order valence-electron chi connectivity index (χ0n) is 56.2. The van der Waals surface area contributed by atoms with Crippen molar-refractivity contribution in [2.75, 3.05) is 354 Å². The van der Waals surface area contributed by atoms with E-state index >= 15 is 4.39 Å². The van der Waals surface area contributed by atoms with Crippen LogP contribution in [0, 0.1) is 11.7 Å². The van der Waals surface area contributed by atoms with E-state index in [-0.39, 0.29) is 31.4 Å². The molecule has 2 aliphatic heterocycles. The van der Waals surface area contributed by atoms with Crippen LogP contribution >= 0.6 is 0 Å². The van der Waals surface area contributed by atoms with E-state index in [1.54, 1.807) is 13.2 Å². The first-order chi connectivity index (χ1) is 46.6. The summed E-state index contributed by atoms with van der Waals surface area (Å²) in [6, 6.07) is 3.31. The van der Waals surface area contributed by atoms with E-state index in [4.69, 9.17) is 114 Å². The number of ether oxygens (including phenoxy) is 24. The Hall–Kier alpha value is -3.07. The van der Waals surface area contributed by atoms with Crippen molar-refractivity contribution in [3.63, 3.8) is 0 Å². The van der Waals surface area contributed by atoms with Crippen LogP contribution in [0.3, 0.4) is 0 Å². The van der Waals surface area contributed by atoms with Gasteiger partial charge in [0.2, 0.25) is 0 Å². The maximum absolute atomic E-state index is 15.3. The molecule has 30 heteroatoms. The van der Waals surface area contributed by atoms with E-state index in [9.17, 15) is 9.59 Å². The lowest BCUT2D eigenvalue weighted by atomic mass is 9.90. The predicted molar refractivity (Wildman–Crippen MR) is 341 cm³/mol. The first-order valence-electron chi connectivity index (χ1n) is 33.6. The van der Waals surface area contributed by atoms with E-state index in [1.807, 2.05) is 4.90 Å². The van der Waals surface area contributed by atoms with E-state index < -0.39 is 23.5 Å². The smallest absolute Gasteiger partial charge is 0.318 e. The molecule has 0 bridgehead atoms. The largest absolute Gasteiger partial charge is 0.463 e. The third-order valence-corrected chi connectivity index (χ3v) is 13.8. The molecule has 0 aromatic heterocycles. The molecule has 94 heavy (non-hydrogen) atoms. The molecule has 1 saturated carbocycles. The highest BCUT2D eigenvalue weighted by Crippen LogP contribution is 2.41. The van der Waals surface area contributed by atoms with Crippen LogP contribution in [0.4, 0.5) is 15.8 Å². The minimum Gasteiger partial charge on any atom is -0.463 e. The number of carbonyl (C=O) groups excluding carboxylic acids is 2. The highest BCUT2D eigenvalue weighted by Gasteiger charge is 2.43. The van der Waals surface area contributed by atoms with Crippen LogP contribution in [-0.2, 0) is 118 Å². The summed E-state index contributed by atoms with van der Waals surface area (Å²) in [5.74, 6) is -2.49. The number of nitrogens with one attached hydrogen (secondary N) is 1. The average molecular weight is 1360 g/mol. The fourth-order valence-electron chi connectivity index (χ4n) is 8.78. The molecule has 1 saturated heterocycles. The summed E-state index contributed by atoms with van der Waals surface area (Å²) in [6.07, 6.45) is 1.94. The van der Waals surface area contributed by atoms with Crippen LogP contribution in [0.15, 0.2) is 12.1 Å². The lowest BCUT2D eigenvalue weighted by Gasteiger charge is -2.36. The number of rotatable bonds is 72. The van der Waals surface area contributed by atoms with Gasteiger partial charge in [-0.25, -0.2) is 4.39 Å². The zero-order chi connectivity index (χ0) is 66.3. The normalized spacial score (nSPS) is 15.0. The highest BCUT2D eigenvalue weighted by molar-refractivity contribution is 6.14. The molecule has 0 spiro atoms. The molecule has 2 fully saturated rings. The van der Waals surface area contributed by atoms with Crippen molar-refractivity contribution in [1.82, 2.24) is 5.32 Å². The standard InChI is InChI=1S/C64H114FN3O26/c1-71-8-9-72-10-11-73-12-13-74-14-15-75-16-17-76-18-19-77-20-21-78-22-23-79-24-25-80-26-27-81-28-29-82-30-31-83-32-33-84-34-35-85-36-37-86-38-39-87-40-41-88-42-43-89-44-45-90-46-47-91-48-49-92-50-51-93-52-53-94-64(70)59-56-68(57-2-3-57)61-55-62(67-6-4-66-5-7-67)60(65)54-58(61)63(59)69/h54-55,57,59,66H,2-53,56H2,1H3. The first-order valence-corrected chi connectivity index (χ1v) is 33.6. The summed E-state index contributed by atoms with van der Waals surface area (Å²) in [6.45, 7) is 24.2. The lowest BCUT2D eigenvalue weighted by Crippen LogP contribution is -2.46. The molecule has 4 rings (SSSR count). The number of carbonyl (C=O) groups is 2. The molecule has 1 aliphatic carbocycles. The van der Waals surface area contributed by atoms with Crippen molar-refractivity contribution in [2.45, 2.75) is 18.9 Å². The summed E-state index contributed by atoms with van der Waals surface area (Å²) >= 11 is 0. The number of Topliss-reactive ketones (excluding diaryl/α,β-unsaturated/α-hetero) is 1. The van der Waals surface area contributed by atoms with Gasteiger partial charge in [0, 0.05) is 51.4 Å². The number of anilines is 2. The van der Waals surface area contributed by atoms with Gasteiger partial charge >= 0.3 is 5.97 Å². The van der Waals surface area contributed by atoms with E-state index in [0.717, 1.165) is 25.9 Å². The number of piperazine rings is 1. The molecule has 1 unspecified atom stereocenters. The van der Waals surface area contributed by atoms with Crippen LogP contribution in [0.2, 0.25) is 0 Å². The highest BCUT2D eigenvalue weighted by atomic mass is 19.1. The number of nitrogens with zero attached hydrogens (tertiary/aromatic N) is 2. The third kappa shape index (κ3) is 45.5. The molecular weight excluding hydrogens is 1250 g/mol. The van der Waals surface area contributed by atoms with Crippen molar-refractivity contribution in [2.24, 2.45) is 5.92 Å². The lowest BCUT2D eigenvalue weighted by molar-refractivity contribution is -0.148. The molecule has 548 valence electrons. The van der Waals surface area contributed by atoms with Gasteiger partial charge in [0.25, 0.3) is 0 Å². The van der Waals surface area contributed by atoms with Crippen LogP contribution < -0.4 is 15.1 Å². The molecule has 1 aromatic rings. The van der Waals surface area contributed by atoms with Crippen LogP contribution in [-0.4, -0.2) is 362 Å². The van der Waals surface area contributed by atoms with Crippen LogP contribution in [0.25, 0.3) is 0 Å². The second kappa shape index (κ2) is 62.2. The number of hydrogen-bond donors (Lipinski definition) is 1. The minimum absolute atomic E-state index is 0.000155. The van der Waals surface area contributed by atoms with Gasteiger partial charge in [0.15, 0.2) is 5.78 Å². The molecule has 3 aliphatic rings. The van der Waals surface area contributed by atoms with E-state index in [1.165, 1.54) is 6.07 Å². The SMILES string of the molecule is COCCOCCOCCOCCOCCOCCOCCOCCOCCOCCOCCOCCOCCOCCOCCOCCOCCOCCOCCOCCOCCOCCOCCOC(=O)C1CN(C2CC2)c2cc(N3CCNCC3)c(F)cc2C1=O. The Morgan fingerprint density at radius 1 is 0.372 bits per heavy atom. The van der Waals surface area contributed by atoms with E-state index in [2.05, 4.69) is 10.2 Å². The molecule has 1 aromatic carbocycles. The predicted octanol–water partition coefficient (Wildman–Crippen LogP) is 1.57. The Balaban J connectivity index is 0.726. The van der Waals surface area contributed by atoms with Gasteiger partial charge < -0.3 is 129 Å². The summed E-state index contributed by atoms with van der Waals surface area (Å²) in [4.78, 5) is 30.5. The Kier molecular flexibility index (Phi) is 55.2. The maximum atomic E-state index is 15.3. The number of methoxy groups -OCH3 is 1. The van der Waals surface area contributed by atoms with Gasteiger partial charge in [-0.2, -0.15) is 0 Å². The molecule has 1 atom stereocenters. The molecule has 2 heterocycles. The van der Waals surface area contributed by atoms with Gasteiger partial charge in [0.1, 0.15) is 18.3 Å². The fourth-order valence-corrected chi connectivity index (χ4v) is 8.78.